The number of benzene rings is 6. The number of hydrogen-bond donors (Lipinski definition) is 1. The van der Waals surface area contributed by atoms with E-state index in [2.05, 4.69) is 5.32 Å². The Morgan fingerprint density at radius 2 is 1.38 bits per heavy atom. The van der Waals surface area contributed by atoms with Crippen LogP contribution < -0.4 is 15.0 Å². The zero-order valence-electron chi connectivity index (χ0n) is 24.4. The largest absolute Gasteiger partial charge is 0.455 e. The molecule has 0 radical (unpaired) electrons. The van der Waals surface area contributed by atoms with E-state index in [4.69, 9.17) is 9.15 Å². The average Bonchev–Trinajstić information content (AvgIpc) is 3.47. The number of hydrogen-bond acceptors (Lipinski definition) is 4. The molecule has 6 nitrogen and oxygen atoms in total. The van der Waals surface area contributed by atoms with Crippen LogP contribution in [0.1, 0.15) is 15.9 Å². The predicted molar refractivity (Wildman–Crippen MR) is 179 cm³/mol. The van der Waals surface area contributed by atoms with Gasteiger partial charge in [-0.25, -0.2) is 0 Å². The first-order valence-electron chi connectivity index (χ1n) is 14.6. The molecule has 7 aromatic rings. The fourth-order valence-electron chi connectivity index (χ4n) is 5.62. The van der Waals surface area contributed by atoms with Crippen molar-refractivity contribution in [3.05, 3.63) is 151 Å². The van der Waals surface area contributed by atoms with Gasteiger partial charge >= 0.3 is 0 Å². The molecule has 218 valence electrons. The number of furan rings is 1. The third-order valence-electron chi connectivity index (χ3n) is 7.82. The molecule has 0 fully saturated rings. The van der Waals surface area contributed by atoms with Gasteiger partial charge in [-0.15, -0.1) is 0 Å². The lowest BCUT2D eigenvalue weighted by molar-refractivity contribution is -0.105. The van der Waals surface area contributed by atoms with E-state index >= 15 is 4.79 Å². The molecule has 0 aliphatic carbocycles. The topological polar surface area (TPSA) is 71.8 Å². The molecule has 0 saturated carbocycles. The average molecular weight is 589 g/mol. The van der Waals surface area contributed by atoms with Crippen molar-refractivity contribution in [3.8, 4) is 22.6 Å². The first-order chi connectivity index (χ1) is 22.1. The fraction of sp³-hybridized carbons (Fsp3) is 0.0256. The maximum atomic E-state index is 15.0. The second-order valence-electron chi connectivity index (χ2n) is 10.6. The Bertz CT molecular complexity index is 2190. The summed E-state index contributed by atoms with van der Waals surface area (Å²) in [6.07, 6.45) is 0.577. The van der Waals surface area contributed by atoms with Crippen molar-refractivity contribution < 1.29 is 18.7 Å². The van der Waals surface area contributed by atoms with Gasteiger partial charge in [0.25, 0.3) is 5.91 Å². The Labute approximate surface area is 260 Å². The van der Waals surface area contributed by atoms with Gasteiger partial charge in [-0.05, 0) is 66.1 Å². The first kappa shape index (κ1) is 27.7. The molecule has 0 spiro atoms. The highest BCUT2D eigenvalue weighted by Crippen LogP contribution is 2.43. The highest BCUT2D eigenvalue weighted by atomic mass is 16.5. The number of aryl methyl sites for hydroxylation is 1. The number of nitrogens with one attached hydrogen (secondary N) is 1. The monoisotopic (exact) mass is 588 g/mol. The molecule has 1 aromatic heterocycles. The standard InChI is InChI=1S/C39H28N2O4/c1-26-12-5-8-19-35(26)44-37-21-10-7-17-33(37)41(34-18-11-16-30-29-15-6-9-20-36(29)45-38(30)34)39(43)31-24-28(22-23-32(31)40-25-42)27-13-3-2-4-14-27/h2-25H,1H3,(H,40,42). The fourth-order valence-corrected chi connectivity index (χ4v) is 5.62. The summed E-state index contributed by atoms with van der Waals surface area (Å²) in [6.45, 7) is 1.97. The van der Waals surface area contributed by atoms with Crippen LogP contribution in [0.25, 0.3) is 33.1 Å². The summed E-state index contributed by atoms with van der Waals surface area (Å²) in [5.74, 6) is 0.789. The Kier molecular flexibility index (Phi) is 7.29. The van der Waals surface area contributed by atoms with Crippen molar-refractivity contribution in [1.82, 2.24) is 0 Å². The minimum atomic E-state index is -0.370. The molecule has 0 saturated heterocycles. The third-order valence-corrected chi connectivity index (χ3v) is 7.82. The lowest BCUT2D eigenvalue weighted by Gasteiger charge is -2.26. The number of ether oxygens (including phenoxy) is 1. The van der Waals surface area contributed by atoms with Crippen LogP contribution in [-0.4, -0.2) is 12.3 Å². The molecule has 0 aliphatic heterocycles. The van der Waals surface area contributed by atoms with E-state index in [0.717, 1.165) is 27.5 Å². The number of anilines is 3. The molecule has 0 atom stereocenters. The van der Waals surface area contributed by atoms with E-state index in [9.17, 15) is 4.79 Å². The molecule has 2 amide bonds. The summed E-state index contributed by atoms with van der Waals surface area (Å²) >= 11 is 0. The SMILES string of the molecule is Cc1ccccc1Oc1ccccc1N(C(=O)c1cc(-c2ccccc2)ccc1NC=O)c1cccc2c1oc1ccccc12. The Balaban J connectivity index is 1.47. The van der Waals surface area contributed by atoms with Crippen LogP contribution in [-0.2, 0) is 4.79 Å². The van der Waals surface area contributed by atoms with Gasteiger partial charge < -0.3 is 14.5 Å². The van der Waals surface area contributed by atoms with Crippen LogP contribution in [0.4, 0.5) is 17.1 Å². The number of carbonyl (C=O) groups is 2. The number of nitrogens with zero attached hydrogens (tertiary/aromatic N) is 1. The number of rotatable bonds is 8. The van der Waals surface area contributed by atoms with Crippen molar-refractivity contribution in [3.63, 3.8) is 0 Å². The number of para-hydroxylation sites is 5. The molecular weight excluding hydrogens is 560 g/mol. The van der Waals surface area contributed by atoms with Crippen LogP contribution in [0.15, 0.2) is 144 Å². The molecule has 1 heterocycles. The van der Waals surface area contributed by atoms with Gasteiger partial charge in [0.2, 0.25) is 6.41 Å². The molecule has 6 aromatic carbocycles. The second kappa shape index (κ2) is 11.9. The smallest absolute Gasteiger partial charge is 0.265 e. The van der Waals surface area contributed by atoms with Crippen LogP contribution in [0.5, 0.6) is 11.5 Å². The van der Waals surface area contributed by atoms with Crippen LogP contribution in [0.3, 0.4) is 0 Å². The van der Waals surface area contributed by atoms with Gasteiger partial charge in [-0.2, -0.15) is 0 Å². The molecule has 45 heavy (non-hydrogen) atoms. The molecule has 0 unspecified atom stereocenters. The summed E-state index contributed by atoms with van der Waals surface area (Å²) in [5.41, 5.74) is 5.75. The maximum Gasteiger partial charge on any atom is 0.265 e. The van der Waals surface area contributed by atoms with E-state index in [0.29, 0.717) is 51.7 Å². The predicted octanol–water partition coefficient (Wildman–Crippen LogP) is 9.90. The van der Waals surface area contributed by atoms with Gasteiger partial charge in [-0.1, -0.05) is 97.1 Å². The normalized spacial score (nSPS) is 11.0. The summed E-state index contributed by atoms with van der Waals surface area (Å²) in [4.78, 5) is 28.3. The number of fused-ring (bicyclic) bond motifs is 3. The Hall–Kier alpha value is -6.14. The van der Waals surface area contributed by atoms with Gasteiger partial charge in [0.1, 0.15) is 11.3 Å². The maximum absolute atomic E-state index is 15.0. The van der Waals surface area contributed by atoms with Crippen molar-refractivity contribution in [2.24, 2.45) is 0 Å². The molecular formula is C39H28N2O4. The van der Waals surface area contributed by atoms with Crippen LogP contribution >= 0.6 is 0 Å². The van der Waals surface area contributed by atoms with Crippen molar-refractivity contribution in [1.29, 1.82) is 0 Å². The van der Waals surface area contributed by atoms with E-state index in [-0.39, 0.29) is 5.91 Å². The molecule has 1 N–H and O–H groups in total. The van der Waals surface area contributed by atoms with Gasteiger partial charge in [0, 0.05) is 10.8 Å². The first-order valence-corrected chi connectivity index (χ1v) is 14.6. The Morgan fingerprint density at radius 3 is 2.20 bits per heavy atom. The second-order valence-corrected chi connectivity index (χ2v) is 10.6. The quantitative estimate of drug-likeness (QED) is 0.179. The van der Waals surface area contributed by atoms with E-state index in [1.807, 2.05) is 134 Å². The Morgan fingerprint density at radius 1 is 0.689 bits per heavy atom. The lowest BCUT2D eigenvalue weighted by atomic mass is 10.0. The van der Waals surface area contributed by atoms with Gasteiger partial charge in [-0.3, -0.25) is 14.5 Å². The van der Waals surface area contributed by atoms with Crippen molar-refractivity contribution >= 4 is 51.3 Å². The highest BCUT2D eigenvalue weighted by Gasteiger charge is 2.29. The van der Waals surface area contributed by atoms with Crippen molar-refractivity contribution in [2.45, 2.75) is 6.92 Å². The minimum absolute atomic E-state index is 0.308. The molecule has 6 heteroatoms. The molecule has 0 bridgehead atoms. The van der Waals surface area contributed by atoms with Gasteiger partial charge in [0.15, 0.2) is 11.3 Å². The van der Waals surface area contributed by atoms with E-state index in [1.54, 1.807) is 17.0 Å². The summed E-state index contributed by atoms with van der Waals surface area (Å²) in [7, 11) is 0. The van der Waals surface area contributed by atoms with E-state index in [1.165, 1.54) is 0 Å². The lowest BCUT2D eigenvalue weighted by Crippen LogP contribution is -2.27. The number of carbonyl (C=O) groups excluding carboxylic acids is 2. The summed E-state index contributed by atoms with van der Waals surface area (Å²) in [5, 5.41) is 4.55. The zero-order chi connectivity index (χ0) is 30.8. The zero-order valence-corrected chi connectivity index (χ0v) is 24.4. The summed E-state index contributed by atoms with van der Waals surface area (Å²) in [6, 6.07) is 44.0. The molecule has 7 rings (SSSR count). The summed E-state index contributed by atoms with van der Waals surface area (Å²) < 4.78 is 12.9. The minimum Gasteiger partial charge on any atom is -0.455 e. The highest BCUT2D eigenvalue weighted by molar-refractivity contribution is 6.20. The van der Waals surface area contributed by atoms with Crippen LogP contribution in [0.2, 0.25) is 0 Å². The van der Waals surface area contributed by atoms with E-state index < -0.39 is 0 Å². The van der Waals surface area contributed by atoms with Gasteiger partial charge in [0.05, 0.1) is 22.6 Å². The number of amides is 2. The van der Waals surface area contributed by atoms with Crippen molar-refractivity contribution in [2.75, 3.05) is 10.2 Å². The van der Waals surface area contributed by atoms with Crippen LogP contribution in [0, 0.1) is 6.92 Å². The molecule has 0 aliphatic rings. The third kappa shape index (κ3) is 5.19.